The molecule has 2 heterocycles. The summed E-state index contributed by atoms with van der Waals surface area (Å²) in [5.41, 5.74) is 4.46. The molecule has 8 rings (SSSR count). The Labute approximate surface area is 383 Å². The molecule has 0 aromatic rings. The van der Waals surface area contributed by atoms with Gasteiger partial charge in [0.25, 0.3) is 0 Å². The molecule has 8 aliphatic rings. The fraction of sp³-hybridized carbons (Fsp3) is 0.865. The zero-order valence-electron chi connectivity index (χ0n) is 39.5. The summed E-state index contributed by atoms with van der Waals surface area (Å²) < 4.78 is 6.87. The van der Waals surface area contributed by atoms with E-state index < -0.39 is 64.4 Å². The molecule has 0 aromatic heterocycles. The molecule has 6 fully saturated rings. The Morgan fingerprint density at radius 1 is 1.00 bits per heavy atom. The second kappa shape index (κ2) is 19.3. The molecule has 0 spiro atoms. The number of hydrogen-bond donors (Lipinski definition) is 10. The summed E-state index contributed by atoms with van der Waals surface area (Å²) >= 11 is 0. The smallest absolute Gasteiger partial charge is 0.182 e. The minimum atomic E-state index is -1.61. The van der Waals surface area contributed by atoms with Gasteiger partial charge < -0.3 is 56.8 Å². The lowest BCUT2D eigenvalue weighted by Gasteiger charge is -2.65. The summed E-state index contributed by atoms with van der Waals surface area (Å²) in [5, 5.41) is 90.4. The summed E-state index contributed by atoms with van der Waals surface area (Å²) in [6.45, 7) is 8.07. The molecule has 1 saturated heterocycles. The molecule has 0 amide bonds. The van der Waals surface area contributed by atoms with Crippen LogP contribution in [0.5, 0.6) is 0 Å². The summed E-state index contributed by atoms with van der Waals surface area (Å²) in [6, 6.07) is 0. The van der Waals surface area contributed by atoms with Gasteiger partial charge in [-0.2, -0.15) is 0 Å². The quantitative estimate of drug-likeness (QED) is 0.100. The number of ketones is 1. The van der Waals surface area contributed by atoms with Crippen molar-refractivity contribution in [3.05, 3.63) is 34.7 Å². The number of nitrogens with two attached hydrogens (primary N) is 1. The minimum Gasteiger partial charge on any atom is -0.396 e. The van der Waals surface area contributed by atoms with Crippen molar-refractivity contribution in [2.45, 2.75) is 217 Å². The molecular formula is C52H85N3O9. The van der Waals surface area contributed by atoms with Gasteiger partial charge in [0, 0.05) is 30.2 Å². The molecule has 1 unspecified atom stereocenters. The van der Waals surface area contributed by atoms with Crippen LogP contribution in [-0.2, 0) is 9.53 Å². The van der Waals surface area contributed by atoms with Crippen LogP contribution in [-0.4, -0.2) is 109 Å². The molecule has 0 aromatic carbocycles. The van der Waals surface area contributed by atoms with Crippen LogP contribution in [0.1, 0.15) is 163 Å². The van der Waals surface area contributed by atoms with Crippen molar-refractivity contribution in [2.24, 2.45) is 58.0 Å². The zero-order valence-corrected chi connectivity index (χ0v) is 39.5. The lowest BCUT2D eigenvalue weighted by atomic mass is 9.41. The number of aliphatic hydroxyl groups excluding tert-OH is 5. The third kappa shape index (κ3) is 8.30. The first-order chi connectivity index (χ1) is 30.5. The van der Waals surface area contributed by atoms with Crippen LogP contribution in [0.25, 0.3) is 0 Å². The maximum Gasteiger partial charge on any atom is 0.182 e. The number of fused-ring (bicyclic) bond motifs is 6. The second-order valence-electron chi connectivity index (χ2n) is 22.7. The first-order valence-electron chi connectivity index (χ1n) is 25.9. The Balaban J connectivity index is 1.20. The summed E-state index contributed by atoms with van der Waals surface area (Å²) in [7, 11) is 0. The Hall–Kier alpha value is -1.87. The highest BCUT2D eigenvalue weighted by Gasteiger charge is 2.74. The first kappa shape index (κ1) is 48.6. The van der Waals surface area contributed by atoms with Crippen LogP contribution < -0.4 is 16.4 Å². The number of ether oxygens (including phenoxy) is 1. The van der Waals surface area contributed by atoms with Crippen molar-refractivity contribution in [2.75, 3.05) is 13.2 Å². The fourth-order valence-electron chi connectivity index (χ4n) is 16.2. The molecular weight excluding hydrogens is 811 g/mol. The van der Waals surface area contributed by atoms with E-state index in [1.54, 1.807) is 13.8 Å². The van der Waals surface area contributed by atoms with Crippen molar-refractivity contribution in [1.29, 1.82) is 0 Å². The number of Topliss-reactive ketones (excluding diaryl/α,β-unsaturated/α-hetero) is 1. The van der Waals surface area contributed by atoms with E-state index in [1.807, 2.05) is 12.2 Å². The molecule has 12 nitrogen and oxygen atoms in total. The van der Waals surface area contributed by atoms with Gasteiger partial charge in [-0.15, -0.1) is 0 Å². The van der Waals surface area contributed by atoms with E-state index in [-0.39, 0.29) is 61.8 Å². The largest absolute Gasteiger partial charge is 0.396 e. The molecule has 17 atom stereocenters. The van der Waals surface area contributed by atoms with E-state index in [0.29, 0.717) is 74.5 Å². The van der Waals surface area contributed by atoms with Gasteiger partial charge in [-0.1, -0.05) is 58.4 Å². The van der Waals surface area contributed by atoms with E-state index in [4.69, 9.17) is 10.5 Å². The number of rotatable bonds is 15. The lowest BCUT2D eigenvalue weighted by Crippen LogP contribution is -2.68. The highest BCUT2D eigenvalue weighted by Crippen LogP contribution is 2.73. The highest BCUT2D eigenvalue weighted by atomic mass is 16.5. The van der Waals surface area contributed by atoms with Crippen molar-refractivity contribution in [1.82, 2.24) is 10.6 Å². The number of hydrogen-bond acceptors (Lipinski definition) is 12. The predicted molar refractivity (Wildman–Crippen MR) is 246 cm³/mol. The minimum absolute atomic E-state index is 0.0387. The first-order valence-corrected chi connectivity index (χ1v) is 25.9. The average molecular weight is 896 g/mol. The lowest BCUT2D eigenvalue weighted by molar-refractivity contribution is -0.220. The van der Waals surface area contributed by atoms with Gasteiger partial charge >= 0.3 is 0 Å². The molecule has 0 bridgehead atoms. The molecule has 0 radical (unpaired) electrons. The third-order valence-corrected chi connectivity index (χ3v) is 19.2. The van der Waals surface area contributed by atoms with Crippen LogP contribution in [0.2, 0.25) is 0 Å². The average Bonchev–Trinajstić information content (AvgIpc) is 3.69. The second-order valence-corrected chi connectivity index (χ2v) is 22.7. The topological polar surface area (TPSA) is 218 Å². The number of carbonyl (C=O) groups is 1. The number of aliphatic hydroxyl groups is 7. The SMILES string of the molecule is CCC[C@@H]1CC[C@H]2[C@H](C)[C@H]([C@@H](O)[C@](C)(O)[C@H]3CC[C@@]4(O)C5=C(NC[C@H](C)O)C(=O)[C@@H]6C[C@@H](O)[C@@H](O)C[C@]6(CCC6=C(CCCO)NC(N)C=C6)[C@H]5CC[C@]34C3CCCCC3)O[C@@H]2CC1. The van der Waals surface area contributed by atoms with Crippen molar-refractivity contribution < 1.29 is 45.3 Å². The van der Waals surface area contributed by atoms with E-state index in [0.717, 1.165) is 62.6 Å². The summed E-state index contributed by atoms with van der Waals surface area (Å²) in [6.07, 6.45) is 15.2. The molecule has 12 heteroatoms. The van der Waals surface area contributed by atoms with Crippen LogP contribution in [0.15, 0.2) is 34.7 Å². The van der Waals surface area contributed by atoms with E-state index >= 15 is 4.79 Å². The standard InChI is InChI=1S/C52H85N3O9/c1-5-10-32-14-17-35-31(3)47(64-41(35)18-15-32)48(61)49(4,62)42-22-25-52(63)44-36(21-24-51(42,52)34-11-7-6-8-12-34)50(23-20-33-16-19-43(53)55-38(33)13-9-26-56)28-40(59)39(58)27-37(50)46(60)45(44)54-29-30(2)57/h16,19,30-32,34-37,39-43,47-48,54-59,61-63H,5-15,17-18,20-29,53H2,1-4H3/t30-,31-,32+,35-,36-,37-,39+,40-,41+,42+,43?,47+,48+,49+,50+,51-,52+/m0/s1. The monoisotopic (exact) mass is 896 g/mol. The van der Waals surface area contributed by atoms with Gasteiger partial charge in [0.2, 0.25) is 0 Å². The molecule has 11 N–H and O–H groups in total. The number of dihydropyridines is 1. The Morgan fingerprint density at radius 3 is 2.47 bits per heavy atom. The van der Waals surface area contributed by atoms with Gasteiger partial charge in [-0.25, -0.2) is 0 Å². The molecule has 362 valence electrons. The van der Waals surface area contributed by atoms with E-state index in [2.05, 4.69) is 24.5 Å². The van der Waals surface area contributed by atoms with Crippen LogP contribution >= 0.6 is 0 Å². The highest BCUT2D eigenvalue weighted by molar-refractivity contribution is 6.00. The Morgan fingerprint density at radius 2 is 1.75 bits per heavy atom. The van der Waals surface area contributed by atoms with Gasteiger partial charge in [0.15, 0.2) is 5.78 Å². The molecule has 64 heavy (non-hydrogen) atoms. The van der Waals surface area contributed by atoms with Crippen molar-refractivity contribution in [3.8, 4) is 0 Å². The van der Waals surface area contributed by atoms with Gasteiger partial charge in [0.05, 0.1) is 53.6 Å². The predicted octanol–water partition coefficient (Wildman–Crippen LogP) is 5.40. The van der Waals surface area contributed by atoms with Crippen LogP contribution in [0, 0.1) is 52.3 Å². The molecule has 5 saturated carbocycles. The molecule has 2 aliphatic heterocycles. The Kier molecular flexibility index (Phi) is 14.6. The van der Waals surface area contributed by atoms with Gasteiger partial charge in [-0.05, 0) is 168 Å². The molecule has 6 aliphatic carbocycles. The fourth-order valence-corrected chi connectivity index (χ4v) is 16.2. The van der Waals surface area contributed by atoms with Crippen LogP contribution in [0.3, 0.4) is 0 Å². The van der Waals surface area contributed by atoms with Crippen molar-refractivity contribution in [3.63, 3.8) is 0 Å². The number of allylic oxidation sites excluding steroid dienone is 4. The van der Waals surface area contributed by atoms with Crippen molar-refractivity contribution >= 4 is 5.78 Å². The maximum absolute atomic E-state index is 15.5. The van der Waals surface area contributed by atoms with E-state index in [9.17, 15) is 35.7 Å². The summed E-state index contributed by atoms with van der Waals surface area (Å²) in [4.78, 5) is 15.5. The zero-order chi connectivity index (χ0) is 45.8. The van der Waals surface area contributed by atoms with E-state index in [1.165, 1.54) is 19.3 Å². The number of nitrogens with one attached hydrogen (secondary N) is 2. The number of carbonyl (C=O) groups excluding carboxylic acids is 1. The normalized spacial score (nSPS) is 43.4. The van der Waals surface area contributed by atoms with Gasteiger partial charge in [0.1, 0.15) is 6.10 Å². The third-order valence-electron chi connectivity index (χ3n) is 19.2. The summed E-state index contributed by atoms with van der Waals surface area (Å²) in [5.74, 6) is -0.516. The van der Waals surface area contributed by atoms with Crippen LogP contribution in [0.4, 0.5) is 0 Å². The Bertz CT molecular complexity index is 1760. The van der Waals surface area contributed by atoms with Gasteiger partial charge in [-0.3, -0.25) is 4.79 Å². The maximum atomic E-state index is 15.5.